The fourth-order valence-corrected chi connectivity index (χ4v) is 2.17. The summed E-state index contributed by atoms with van der Waals surface area (Å²) in [5.74, 6) is 3.32. The lowest BCUT2D eigenvalue weighted by molar-refractivity contribution is -0.116. The van der Waals surface area contributed by atoms with Crippen LogP contribution in [0.3, 0.4) is 0 Å². The molecule has 2 rings (SSSR count). The summed E-state index contributed by atoms with van der Waals surface area (Å²) in [5.41, 5.74) is 1.79. The molecule has 0 radical (unpaired) electrons. The average molecular weight is 356 g/mol. The number of benzene rings is 2. The Balaban J connectivity index is 1.94. The highest BCUT2D eigenvalue weighted by Crippen LogP contribution is 2.28. The Bertz CT molecular complexity index is 792. The first kappa shape index (κ1) is 18.4. The van der Waals surface area contributed by atoms with Crippen molar-refractivity contribution < 1.29 is 14.3 Å². The highest BCUT2D eigenvalue weighted by atomic mass is 35.5. The van der Waals surface area contributed by atoms with E-state index in [0.29, 0.717) is 23.1 Å². The number of halogens is 1. The summed E-state index contributed by atoms with van der Waals surface area (Å²) >= 11 is 5.83. The molecule has 1 N–H and O–H groups in total. The fourth-order valence-electron chi connectivity index (χ4n) is 2.05. The first-order chi connectivity index (χ1) is 12.1. The van der Waals surface area contributed by atoms with E-state index >= 15 is 0 Å². The summed E-state index contributed by atoms with van der Waals surface area (Å²) in [5, 5.41) is 3.47. The Morgan fingerprint density at radius 3 is 2.68 bits per heavy atom. The van der Waals surface area contributed by atoms with Crippen LogP contribution in [0.1, 0.15) is 11.1 Å². The molecule has 0 saturated carbocycles. The minimum Gasteiger partial charge on any atom is -0.493 e. The number of rotatable bonds is 7. The zero-order valence-corrected chi connectivity index (χ0v) is 14.5. The van der Waals surface area contributed by atoms with Crippen molar-refractivity contribution in [2.24, 2.45) is 0 Å². The molecule has 0 saturated heterocycles. The normalized spacial score (nSPS) is 10.3. The van der Waals surface area contributed by atoms with Crippen LogP contribution in [0.25, 0.3) is 6.08 Å². The summed E-state index contributed by atoms with van der Waals surface area (Å²) in [7, 11) is 1.55. The molecule has 128 valence electrons. The second kappa shape index (κ2) is 9.41. The summed E-state index contributed by atoms with van der Waals surface area (Å²) in [6.45, 7) is 0.598. The van der Waals surface area contributed by atoms with Gasteiger partial charge in [-0.25, -0.2) is 0 Å². The molecule has 0 aromatic heterocycles. The molecule has 0 spiro atoms. The average Bonchev–Trinajstić information content (AvgIpc) is 2.64. The van der Waals surface area contributed by atoms with Gasteiger partial charge in [-0.2, -0.15) is 0 Å². The van der Waals surface area contributed by atoms with Gasteiger partial charge in [-0.3, -0.25) is 4.79 Å². The van der Waals surface area contributed by atoms with E-state index in [-0.39, 0.29) is 12.5 Å². The molecule has 0 aliphatic rings. The fraction of sp³-hybridized carbons (Fsp3) is 0.150. The van der Waals surface area contributed by atoms with Crippen molar-refractivity contribution in [2.75, 3.05) is 13.7 Å². The van der Waals surface area contributed by atoms with Gasteiger partial charge in [0.2, 0.25) is 5.91 Å². The van der Waals surface area contributed by atoms with Gasteiger partial charge < -0.3 is 14.8 Å². The van der Waals surface area contributed by atoms with Crippen LogP contribution >= 0.6 is 11.6 Å². The molecule has 1 amide bonds. The van der Waals surface area contributed by atoms with E-state index in [0.717, 1.165) is 11.1 Å². The van der Waals surface area contributed by atoms with Gasteiger partial charge in [0.05, 0.1) is 7.11 Å². The van der Waals surface area contributed by atoms with E-state index in [4.69, 9.17) is 27.5 Å². The Labute approximate surface area is 152 Å². The first-order valence-electron chi connectivity index (χ1n) is 7.57. The molecule has 0 unspecified atom stereocenters. The van der Waals surface area contributed by atoms with Crippen molar-refractivity contribution >= 4 is 23.6 Å². The SMILES string of the molecule is C#CCOc1ccc(/C=C/C(=O)NCc2ccc(Cl)cc2)cc1OC. The monoisotopic (exact) mass is 355 g/mol. The lowest BCUT2D eigenvalue weighted by Gasteiger charge is -2.09. The van der Waals surface area contributed by atoms with Crippen molar-refractivity contribution in [1.29, 1.82) is 0 Å². The van der Waals surface area contributed by atoms with Gasteiger partial charge in [0.1, 0.15) is 6.61 Å². The van der Waals surface area contributed by atoms with Gasteiger partial charge in [0.15, 0.2) is 11.5 Å². The summed E-state index contributed by atoms with van der Waals surface area (Å²) in [4.78, 5) is 11.9. The highest BCUT2D eigenvalue weighted by Gasteiger charge is 2.04. The number of methoxy groups -OCH3 is 1. The van der Waals surface area contributed by atoms with Gasteiger partial charge in [0, 0.05) is 17.6 Å². The lowest BCUT2D eigenvalue weighted by Crippen LogP contribution is -2.20. The Kier molecular flexibility index (Phi) is 6.94. The second-order valence-electron chi connectivity index (χ2n) is 5.08. The molecular formula is C20H18ClNO3. The number of nitrogens with one attached hydrogen (secondary N) is 1. The Morgan fingerprint density at radius 2 is 2.00 bits per heavy atom. The minimum atomic E-state index is -0.193. The largest absolute Gasteiger partial charge is 0.493 e. The lowest BCUT2D eigenvalue weighted by atomic mass is 10.2. The standard InChI is InChI=1S/C20H18ClNO3/c1-3-12-25-18-10-6-15(13-19(18)24-2)7-11-20(23)22-14-16-4-8-17(21)9-5-16/h1,4-11,13H,12,14H2,2H3,(H,22,23)/b11-7+. The van der Waals surface area contributed by atoms with E-state index < -0.39 is 0 Å². The zero-order valence-electron chi connectivity index (χ0n) is 13.8. The third-order valence-corrected chi connectivity index (χ3v) is 3.56. The van der Waals surface area contributed by atoms with Crippen LogP contribution in [0.5, 0.6) is 11.5 Å². The Hall–Kier alpha value is -2.90. The molecule has 0 aliphatic heterocycles. The van der Waals surface area contributed by atoms with Crippen LogP contribution in [-0.2, 0) is 11.3 Å². The first-order valence-corrected chi connectivity index (χ1v) is 7.95. The summed E-state index contributed by atoms with van der Waals surface area (Å²) < 4.78 is 10.6. The van der Waals surface area contributed by atoms with Crippen LogP contribution in [0.2, 0.25) is 5.02 Å². The van der Waals surface area contributed by atoms with Crippen molar-refractivity contribution in [2.45, 2.75) is 6.54 Å². The molecule has 2 aromatic rings. The second-order valence-corrected chi connectivity index (χ2v) is 5.52. The van der Waals surface area contributed by atoms with E-state index in [1.807, 2.05) is 18.2 Å². The van der Waals surface area contributed by atoms with Crippen molar-refractivity contribution in [3.8, 4) is 23.8 Å². The maximum Gasteiger partial charge on any atom is 0.244 e. The number of carbonyl (C=O) groups is 1. The smallest absolute Gasteiger partial charge is 0.244 e. The number of ether oxygens (including phenoxy) is 2. The highest BCUT2D eigenvalue weighted by molar-refractivity contribution is 6.30. The number of hydrogen-bond donors (Lipinski definition) is 1. The number of terminal acetylenes is 1. The molecule has 2 aromatic carbocycles. The maximum atomic E-state index is 11.9. The van der Waals surface area contributed by atoms with Crippen LogP contribution < -0.4 is 14.8 Å². The third-order valence-electron chi connectivity index (χ3n) is 3.31. The van der Waals surface area contributed by atoms with Crippen LogP contribution in [-0.4, -0.2) is 19.6 Å². The predicted octanol–water partition coefficient (Wildman–Crippen LogP) is 3.69. The van der Waals surface area contributed by atoms with Gasteiger partial charge in [0.25, 0.3) is 0 Å². The van der Waals surface area contributed by atoms with Crippen LogP contribution in [0, 0.1) is 12.3 Å². The van der Waals surface area contributed by atoms with E-state index in [1.165, 1.54) is 6.08 Å². The minimum absolute atomic E-state index is 0.165. The molecule has 25 heavy (non-hydrogen) atoms. The molecular weight excluding hydrogens is 338 g/mol. The van der Waals surface area contributed by atoms with Crippen molar-refractivity contribution in [3.63, 3.8) is 0 Å². The van der Waals surface area contributed by atoms with E-state index in [2.05, 4.69) is 11.2 Å². The van der Waals surface area contributed by atoms with Gasteiger partial charge >= 0.3 is 0 Å². The van der Waals surface area contributed by atoms with Gasteiger partial charge in [-0.05, 0) is 41.5 Å². The van der Waals surface area contributed by atoms with Gasteiger partial charge in [-0.1, -0.05) is 35.7 Å². The summed E-state index contributed by atoms with van der Waals surface area (Å²) in [6, 6.07) is 12.6. The van der Waals surface area contributed by atoms with Crippen LogP contribution in [0.15, 0.2) is 48.5 Å². The molecule has 0 fully saturated rings. The molecule has 5 heteroatoms. The van der Waals surface area contributed by atoms with Crippen molar-refractivity contribution in [1.82, 2.24) is 5.32 Å². The third kappa shape index (κ3) is 5.91. The number of hydrogen-bond acceptors (Lipinski definition) is 3. The maximum absolute atomic E-state index is 11.9. The predicted molar refractivity (Wildman–Crippen MR) is 99.7 cm³/mol. The van der Waals surface area contributed by atoms with Crippen molar-refractivity contribution in [3.05, 3.63) is 64.7 Å². The summed E-state index contributed by atoms with van der Waals surface area (Å²) in [6.07, 6.45) is 8.34. The molecule has 4 nitrogen and oxygen atoms in total. The number of amides is 1. The van der Waals surface area contributed by atoms with E-state index in [1.54, 1.807) is 37.5 Å². The number of carbonyl (C=O) groups excluding carboxylic acids is 1. The quantitative estimate of drug-likeness (QED) is 0.608. The topological polar surface area (TPSA) is 47.6 Å². The molecule has 0 heterocycles. The van der Waals surface area contributed by atoms with Crippen LogP contribution in [0.4, 0.5) is 0 Å². The van der Waals surface area contributed by atoms with Gasteiger partial charge in [-0.15, -0.1) is 6.42 Å². The Morgan fingerprint density at radius 1 is 1.24 bits per heavy atom. The zero-order chi connectivity index (χ0) is 18.1. The molecule has 0 atom stereocenters. The molecule has 0 bridgehead atoms. The van der Waals surface area contributed by atoms with E-state index in [9.17, 15) is 4.79 Å². The molecule has 0 aliphatic carbocycles.